The van der Waals surface area contributed by atoms with Crippen molar-refractivity contribution in [1.29, 1.82) is 0 Å². The van der Waals surface area contributed by atoms with Crippen molar-refractivity contribution in [1.82, 2.24) is 10.3 Å². The number of nitrogen functional groups attached to an aromatic ring is 1. The number of hydrogen-bond acceptors (Lipinski definition) is 6. The van der Waals surface area contributed by atoms with Crippen molar-refractivity contribution in [2.24, 2.45) is 0 Å². The number of fused-ring (bicyclic) bond motifs is 1. The maximum atomic E-state index is 12.0. The molecule has 0 radical (unpaired) electrons. The van der Waals surface area contributed by atoms with E-state index in [0.717, 1.165) is 28.3 Å². The first-order valence-corrected chi connectivity index (χ1v) is 11.2. The highest BCUT2D eigenvalue weighted by Crippen LogP contribution is 2.41. The molecule has 162 valence electrons. The van der Waals surface area contributed by atoms with Gasteiger partial charge in [-0.1, -0.05) is 18.2 Å². The van der Waals surface area contributed by atoms with Crippen molar-refractivity contribution in [2.45, 2.75) is 38.8 Å². The van der Waals surface area contributed by atoms with Gasteiger partial charge in [0.1, 0.15) is 17.4 Å². The van der Waals surface area contributed by atoms with Crippen LogP contribution >= 0.6 is 11.3 Å². The summed E-state index contributed by atoms with van der Waals surface area (Å²) >= 11 is 1.64. The molecule has 3 aromatic rings. The Balaban J connectivity index is 1.59. The zero-order chi connectivity index (χ0) is 22.0. The number of amides is 1. The van der Waals surface area contributed by atoms with Gasteiger partial charge in [0.15, 0.2) is 0 Å². The van der Waals surface area contributed by atoms with Crippen molar-refractivity contribution in [3.63, 3.8) is 0 Å². The first-order valence-electron chi connectivity index (χ1n) is 10.4. The minimum Gasteiger partial charge on any atom is -0.489 e. The minimum atomic E-state index is -0.0895. The number of hydrogen-bond donors (Lipinski definition) is 2. The lowest BCUT2D eigenvalue weighted by atomic mass is 10.0. The third kappa shape index (κ3) is 4.57. The van der Waals surface area contributed by atoms with Gasteiger partial charge in [0.25, 0.3) is 0 Å². The highest BCUT2D eigenvalue weighted by Gasteiger charge is 2.26. The third-order valence-electron chi connectivity index (χ3n) is 5.27. The van der Waals surface area contributed by atoms with Gasteiger partial charge in [0, 0.05) is 18.9 Å². The van der Waals surface area contributed by atoms with Crippen molar-refractivity contribution in [3.05, 3.63) is 53.7 Å². The van der Waals surface area contributed by atoms with Crippen molar-refractivity contribution in [3.8, 4) is 26.8 Å². The molecular weight excluding hydrogens is 410 g/mol. The number of carbonyl (C=O) groups excluding carboxylic acids is 1. The fraction of sp³-hybridized carbons (Fsp3) is 0.333. The van der Waals surface area contributed by atoms with Gasteiger partial charge >= 0.3 is 0 Å². The Hall–Kier alpha value is -2.90. The normalized spacial score (nSPS) is 15.2. The lowest BCUT2D eigenvalue weighted by Gasteiger charge is -2.14. The van der Waals surface area contributed by atoms with E-state index in [9.17, 15) is 4.79 Å². The highest BCUT2D eigenvalue weighted by atomic mass is 32.1. The topological polar surface area (TPSA) is 86.5 Å². The van der Waals surface area contributed by atoms with Crippen LogP contribution in [0.5, 0.6) is 5.75 Å². The summed E-state index contributed by atoms with van der Waals surface area (Å²) in [6.07, 6.45) is 3.80. The molecule has 6 nitrogen and oxygen atoms in total. The quantitative estimate of drug-likeness (QED) is 0.528. The smallest absolute Gasteiger partial charge is 0.246 e. The lowest BCUT2D eigenvalue weighted by molar-refractivity contribution is -0.125. The number of nitrogens with one attached hydrogen (secondary N) is 1. The Bertz CT molecular complexity index is 1090. The first kappa shape index (κ1) is 21.3. The number of benzene rings is 2. The molecule has 1 aromatic heterocycles. The maximum absolute atomic E-state index is 12.0. The predicted octanol–water partition coefficient (Wildman–Crippen LogP) is 4.60. The minimum absolute atomic E-state index is 0.0262. The Morgan fingerprint density at radius 2 is 2.16 bits per heavy atom. The van der Waals surface area contributed by atoms with Crippen LogP contribution in [-0.2, 0) is 16.0 Å². The van der Waals surface area contributed by atoms with Gasteiger partial charge in [-0.3, -0.25) is 4.79 Å². The van der Waals surface area contributed by atoms with Gasteiger partial charge in [0.05, 0.1) is 22.7 Å². The van der Waals surface area contributed by atoms with Crippen LogP contribution in [-0.4, -0.2) is 30.7 Å². The predicted molar refractivity (Wildman–Crippen MR) is 124 cm³/mol. The van der Waals surface area contributed by atoms with E-state index < -0.39 is 0 Å². The number of rotatable bonds is 7. The fourth-order valence-electron chi connectivity index (χ4n) is 3.98. The number of methoxy groups -OCH3 is 1. The van der Waals surface area contributed by atoms with Crippen molar-refractivity contribution < 1.29 is 14.3 Å². The molecule has 0 saturated carbocycles. The molecule has 1 heterocycles. The summed E-state index contributed by atoms with van der Waals surface area (Å²) in [6.45, 7) is 4.03. The van der Waals surface area contributed by atoms with Crippen molar-refractivity contribution in [2.75, 3.05) is 19.5 Å². The molecule has 1 aliphatic rings. The van der Waals surface area contributed by atoms with E-state index in [-0.39, 0.29) is 24.7 Å². The molecule has 0 unspecified atom stereocenters. The highest BCUT2D eigenvalue weighted by molar-refractivity contribution is 7.18. The summed E-state index contributed by atoms with van der Waals surface area (Å²) in [5, 5.41) is 3.98. The van der Waals surface area contributed by atoms with E-state index in [1.54, 1.807) is 11.3 Å². The summed E-state index contributed by atoms with van der Waals surface area (Å²) < 4.78 is 10.7. The molecule has 0 bridgehead atoms. The lowest BCUT2D eigenvalue weighted by Crippen LogP contribution is -2.30. The van der Waals surface area contributed by atoms with E-state index >= 15 is 0 Å². The van der Waals surface area contributed by atoms with Crippen LogP contribution in [0, 0.1) is 0 Å². The monoisotopic (exact) mass is 437 g/mol. The molecular formula is C24H27N3O3S. The summed E-state index contributed by atoms with van der Waals surface area (Å²) in [5.74, 6) is 0.603. The van der Waals surface area contributed by atoms with Gasteiger partial charge in [-0.2, -0.15) is 0 Å². The molecule has 0 aliphatic heterocycles. The van der Waals surface area contributed by atoms with E-state index in [1.807, 2.05) is 44.3 Å². The number of ether oxygens (including phenoxy) is 2. The van der Waals surface area contributed by atoms with Gasteiger partial charge < -0.3 is 20.5 Å². The molecule has 3 N–H and O–H groups in total. The second-order valence-corrected chi connectivity index (χ2v) is 8.94. The van der Waals surface area contributed by atoms with Crippen LogP contribution in [0.2, 0.25) is 0 Å². The summed E-state index contributed by atoms with van der Waals surface area (Å²) in [7, 11) is 1.53. The summed E-state index contributed by atoms with van der Waals surface area (Å²) in [4.78, 5) is 17.7. The zero-order valence-corrected chi connectivity index (χ0v) is 18.8. The number of nitrogens with two attached hydrogens (primary N) is 1. The molecule has 31 heavy (non-hydrogen) atoms. The van der Waals surface area contributed by atoms with E-state index in [0.29, 0.717) is 11.4 Å². The van der Waals surface area contributed by atoms with E-state index in [4.69, 9.17) is 15.2 Å². The zero-order valence-electron chi connectivity index (χ0n) is 18.0. The van der Waals surface area contributed by atoms with Crippen LogP contribution in [0.15, 0.2) is 42.6 Å². The van der Waals surface area contributed by atoms with Crippen LogP contribution in [0.1, 0.15) is 37.4 Å². The maximum Gasteiger partial charge on any atom is 0.246 e. The number of anilines is 1. The first-order chi connectivity index (χ1) is 15.0. The Morgan fingerprint density at radius 3 is 2.90 bits per heavy atom. The van der Waals surface area contributed by atoms with E-state index in [2.05, 4.69) is 22.4 Å². The molecule has 1 aliphatic carbocycles. The fourth-order valence-corrected chi connectivity index (χ4v) is 4.94. The van der Waals surface area contributed by atoms with Crippen molar-refractivity contribution >= 4 is 22.9 Å². The molecule has 7 heteroatoms. The van der Waals surface area contributed by atoms with Gasteiger partial charge in [-0.25, -0.2) is 4.98 Å². The SMILES string of the molecule is COCC(=O)N[C@@H]1CCc2c(-c3cnc(-c4ccc(OC(C)C)c(N)c4)s3)cccc21. The Labute approximate surface area is 186 Å². The molecule has 0 spiro atoms. The third-order valence-corrected chi connectivity index (χ3v) is 6.35. The van der Waals surface area contributed by atoms with Crippen LogP contribution in [0.25, 0.3) is 21.0 Å². The van der Waals surface area contributed by atoms with Gasteiger partial charge in [-0.05, 0) is 61.6 Å². The number of thiazole rings is 1. The largest absolute Gasteiger partial charge is 0.489 e. The number of nitrogens with zero attached hydrogens (tertiary/aromatic N) is 1. The molecule has 0 fully saturated rings. The Morgan fingerprint density at radius 1 is 1.32 bits per heavy atom. The second kappa shape index (κ2) is 9.08. The molecule has 1 atom stereocenters. The molecule has 4 rings (SSSR count). The number of aromatic nitrogens is 1. The molecule has 0 saturated heterocycles. The van der Waals surface area contributed by atoms with Crippen LogP contribution < -0.4 is 15.8 Å². The second-order valence-electron chi connectivity index (χ2n) is 7.91. The van der Waals surface area contributed by atoms with Crippen LogP contribution in [0.4, 0.5) is 5.69 Å². The average Bonchev–Trinajstić information content (AvgIpc) is 3.37. The van der Waals surface area contributed by atoms with Gasteiger partial charge in [0.2, 0.25) is 5.91 Å². The van der Waals surface area contributed by atoms with Crippen LogP contribution in [0.3, 0.4) is 0 Å². The average molecular weight is 438 g/mol. The molecule has 2 aromatic carbocycles. The summed E-state index contributed by atoms with van der Waals surface area (Å²) in [6, 6.07) is 12.1. The Kier molecular flexibility index (Phi) is 6.25. The molecule has 1 amide bonds. The van der Waals surface area contributed by atoms with E-state index in [1.165, 1.54) is 23.8 Å². The summed E-state index contributed by atoms with van der Waals surface area (Å²) in [5.41, 5.74) is 11.4. The van der Waals surface area contributed by atoms with Gasteiger partial charge in [-0.15, -0.1) is 11.3 Å². The standard InChI is InChI=1S/C24H27N3O3S/c1-14(2)30-21-10-7-15(11-19(21)25)24-26-12-22(31-24)18-6-4-5-17-16(18)8-9-20(17)27-23(28)13-29-3/h4-7,10-12,14,20H,8-9,13,25H2,1-3H3,(H,27,28)/t20-/m1/s1. The number of carbonyl (C=O) groups is 1.